The van der Waals surface area contributed by atoms with Crippen LogP contribution in [0, 0.1) is 11.6 Å². The molecule has 180 valence electrons. The van der Waals surface area contributed by atoms with Crippen LogP contribution in [0.15, 0.2) is 71.7 Å². The van der Waals surface area contributed by atoms with Gasteiger partial charge >= 0.3 is 0 Å². The van der Waals surface area contributed by atoms with Gasteiger partial charge in [-0.3, -0.25) is 4.79 Å². The summed E-state index contributed by atoms with van der Waals surface area (Å²) in [6.07, 6.45) is 1.75. The van der Waals surface area contributed by atoms with Gasteiger partial charge in [0.1, 0.15) is 17.5 Å². The fourth-order valence-electron chi connectivity index (χ4n) is 3.96. The maximum absolute atomic E-state index is 13.6. The lowest BCUT2D eigenvalue weighted by atomic mass is 10.1. The number of piperazine rings is 1. The Kier molecular flexibility index (Phi) is 7.48. The molecule has 2 aromatic carbocycles. The van der Waals surface area contributed by atoms with Crippen LogP contribution >= 0.6 is 12.4 Å². The molecule has 5 rings (SSSR count). The van der Waals surface area contributed by atoms with Crippen molar-refractivity contribution >= 4 is 18.2 Å². The maximum Gasteiger partial charge on any atom is 0.267 e. The lowest BCUT2D eigenvalue weighted by Gasteiger charge is -2.28. The van der Waals surface area contributed by atoms with Crippen LogP contribution in [0.3, 0.4) is 0 Å². The molecule has 0 saturated carbocycles. The van der Waals surface area contributed by atoms with E-state index in [1.807, 2.05) is 30.3 Å². The Morgan fingerprint density at radius 1 is 0.914 bits per heavy atom. The van der Waals surface area contributed by atoms with Crippen LogP contribution in [0.5, 0.6) is 0 Å². The summed E-state index contributed by atoms with van der Waals surface area (Å²) in [7, 11) is 0. The Bertz CT molecular complexity index is 1370. The molecule has 0 radical (unpaired) electrons. The molecule has 7 nitrogen and oxygen atoms in total. The van der Waals surface area contributed by atoms with E-state index in [9.17, 15) is 13.6 Å². The van der Waals surface area contributed by atoms with Gasteiger partial charge in [-0.15, -0.1) is 12.4 Å². The van der Waals surface area contributed by atoms with Crippen molar-refractivity contribution in [3.05, 3.63) is 94.4 Å². The van der Waals surface area contributed by atoms with Gasteiger partial charge in [0, 0.05) is 55.6 Å². The number of hydrogen-bond acceptors (Lipinski definition) is 6. The molecule has 35 heavy (non-hydrogen) atoms. The van der Waals surface area contributed by atoms with Crippen LogP contribution in [0.25, 0.3) is 22.6 Å². The fraction of sp³-hybridized carbons (Fsp3) is 0.200. The van der Waals surface area contributed by atoms with Crippen molar-refractivity contribution in [1.82, 2.24) is 25.1 Å². The molecular weight excluding hydrogens is 474 g/mol. The zero-order chi connectivity index (χ0) is 23.5. The first-order valence-corrected chi connectivity index (χ1v) is 11.0. The third-order valence-electron chi connectivity index (χ3n) is 5.62. The molecule has 0 atom stereocenters. The zero-order valence-electron chi connectivity index (χ0n) is 18.7. The summed E-state index contributed by atoms with van der Waals surface area (Å²) < 4.78 is 28.6. The molecule has 2 aromatic heterocycles. The summed E-state index contributed by atoms with van der Waals surface area (Å²) in [6, 6.07) is 15.5. The Hall–Kier alpha value is -3.69. The lowest BCUT2D eigenvalue weighted by Crippen LogP contribution is -2.43. The molecule has 1 aliphatic rings. The van der Waals surface area contributed by atoms with E-state index in [1.165, 1.54) is 28.9 Å². The highest BCUT2D eigenvalue weighted by Gasteiger charge is 2.13. The number of nitrogens with one attached hydrogen (secondary N) is 1. The molecule has 0 spiro atoms. The average Bonchev–Trinajstić information content (AvgIpc) is 2.86. The molecule has 1 N–H and O–H groups in total. The second-order valence-electron chi connectivity index (χ2n) is 8.05. The number of hydrogen-bond donors (Lipinski definition) is 1. The molecular formula is C25H23ClF2N6O. The van der Waals surface area contributed by atoms with E-state index in [-0.39, 0.29) is 30.1 Å². The number of halogens is 3. The number of aromatic nitrogens is 4. The summed E-state index contributed by atoms with van der Waals surface area (Å²) in [6.45, 7) is 3.79. The van der Waals surface area contributed by atoms with Gasteiger partial charge in [0.2, 0.25) is 0 Å². The monoisotopic (exact) mass is 496 g/mol. The Morgan fingerprint density at radius 3 is 2.46 bits per heavy atom. The van der Waals surface area contributed by atoms with Crippen molar-refractivity contribution in [2.75, 3.05) is 31.1 Å². The summed E-state index contributed by atoms with van der Waals surface area (Å²) in [5, 5.41) is 7.65. The molecule has 0 bridgehead atoms. The van der Waals surface area contributed by atoms with E-state index in [2.05, 4.69) is 20.3 Å². The van der Waals surface area contributed by atoms with Crippen molar-refractivity contribution in [3.63, 3.8) is 0 Å². The van der Waals surface area contributed by atoms with Crippen molar-refractivity contribution < 1.29 is 8.78 Å². The quantitative estimate of drug-likeness (QED) is 0.455. The van der Waals surface area contributed by atoms with E-state index in [1.54, 1.807) is 6.20 Å². The number of anilines is 1. The minimum absolute atomic E-state index is 0. The Labute approximate surface area is 206 Å². The van der Waals surface area contributed by atoms with E-state index < -0.39 is 11.6 Å². The SMILES string of the molecule is Cl.O=c1ccc(-c2cc(F)cc(F)c2)nn1Cc1cccc(-c2nccc(N3CCNCC3)n2)c1. The highest BCUT2D eigenvalue weighted by atomic mass is 35.5. The molecule has 1 saturated heterocycles. The molecule has 4 aromatic rings. The highest BCUT2D eigenvalue weighted by molar-refractivity contribution is 5.85. The number of nitrogens with zero attached hydrogens (tertiary/aromatic N) is 5. The smallest absolute Gasteiger partial charge is 0.267 e. The second kappa shape index (κ2) is 10.7. The lowest BCUT2D eigenvalue weighted by molar-refractivity contribution is 0.583. The van der Waals surface area contributed by atoms with Gasteiger partial charge in [-0.05, 0) is 35.9 Å². The van der Waals surface area contributed by atoms with E-state index in [0.717, 1.165) is 49.2 Å². The topological polar surface area (TPSA) is 75.9 Å². The van der Waals surface area contributed by atoms with Gasteiger partial charge in [0.25, 0.3) is 5.56 Å². The first-order valence-electron chi connectivity index (χ1n) is 11.0. The van der Waals surface area contributed by atoms with Gasteiger partial charge < -0.3 is 10.2 Å². The van der Waals surface area contributed by atoms with Crippen molar-refractivity contribution in [3.8, 4) is 22.6 Å². The van der Waals surface area contributed by atoms with Crippen LogP contribution < -0.4 is 15.8 Å². The minimum atomic E-state index is -0.703. The standard InChI is InChI=1S/C25H22F2N6O.ClH/c26-20-13-19(14-21(27)15-20)22-4-5-24(34)33(31-22)16-17-2-1-3-18(12-17)25-29-7-6-23(30-25)32-10-8-28-9-11-32;/h1-7,12-15,28H,8-11,16H2;1H. The van der Waals surface area contributed by atoms with Crippen LogP contribution in [0.2, 0.25) is 0 Å². The fourth-order valence-corrected chi connectivity index (χ4v) is 3.96. The summed E-state index contributed by atoms with van der Waals surface area (Å²) in [4.78, 5) is 23.8. The summed E-state index contributed by atoms with van der Waals surface area (Å²) in [5.74, 6) is 0.0718. The third-order valence-corrected chi connectivity index (χ3v) is 5.62. The van der Waals surface area contributed by atoms with E-state index in [4.69, 9.17) is 4.98 Å². The number of rotatable bonds is 5. The number of benzene rings is 2. The van der Waals surface area contributed by atoms with Crippen LogP contribution in [-0.4, -0.2) is 45.9 Å². The Morgan fingerprint density at radius 2 is 1.69 bits per heavy atom. The maximum atomic E-state index is 13.6. The largest absolute Gasteiger partial charge is 0.354 e. The van der Waals surface area contributed by atoms with E-state index in [0.29, 0.717) is 11.5 Å². The van der Waals surface area contributed by atoms with Gasteiger partial charge in [0.05, 0.1) is 12.2 Å². The predicted molar refractivity (Wildman–Crippen MR) is 133 cm³/mol. The molecule has 1 aliphatic heterocycles. The second-order valence-corrected chi connectivity index (χ2v) is 8.05. The van der Waals surface area contributed by atoms with Gasteiger partial charge in [-0.25, -0.2) is 23.4 Å². The molecule has 0 amide bonds. The summed E-state index contributed by atoms with van der Waals surface area (Å²) in [5.41, 5.74) is 1.90. The van der Waals surface area contributed by atoms with E-state index >= 15 is 0 Å². The molecule has 1 fully saturated rings. The predicted octanol–water partition coefficient (Wildman–Crippen LogP) is 3.53. The first kappa shape index (κ1) is 24.4. The molecule has 0 aliphatic carbocycles. The molecule has 3 heterocycles. The minimum Gasteiger partial charge on any atom is -0.354 e. The van der Waals surface area contributed by atoms with Gasteiger partial charge in [-0.2, -0.15) is 5.10 Å². The van der Waals surface area contributed by atoms with Crippen LogP contribution in [0.4, 0.5) is 14.6 Å². The summed E-state index contributed by atoms with van der Waals surface area (Å²) >= 11 is 0. The van der Waals surface area contributed by atoms with Crippen molar-refractivity contribution in [1.29, 1.82) is 0 Å². The van der Waals surface area contributed by atoms with Gasteiger partial charge in [-0.1, -0.05) is 18.2 Å². The average molecular weight is 497 g/mol. The third kappa shape index (κ3) is 5.70. The normalized spacial score (nSPS) is 13.4. The Balaban J connectivity index is 0.00000289. The van der Waals surface area contributed by atoms with Gasteiger partial charge in [0.15, 0.2) is 5.82 Å². The van der Waals surface area contributed by atoms with Crippen molar-refractivity contribution in [2.45, 2.75) is 6.54 Å². The zero-order valence-corrected chi connectivity index (χ0v) is 19.5. The molecule has 10 heteroatoms. The molecule has 0 unspecified atom stereocenters. The highest BCUT2D eigenvalue weighted by Crippen LogP contribution is 2.21. The van der Waals surface area contributed by atoms with Crippen LogP contribution in [0.1, 0.15) is 5.56 Å². The first-order chi connectivity index (χ1) is 16.5. The van der Waals surface area contributed by atoms with Crippen LogP contribution in [-0.2, 0) is 6.54 Å². The van der Waals surface area contributed by atoms with Crippen molar-refractivity contribution in [2.24, 2.45) is 0 Å².